The lowest BCUT2D eigenvalue weighted by Crippen LogP contribution is -2.55. The van der Waals surface area contributed by atoms with Crippen molar-refractivity contribution in [1.29, 1.82) is 0 Å². The number of sulfonamides is 1. The van der Waals surface area contributed by atoms with Gasteiger partial charge in [-0.1, -0.05) is 51.1 Å². The van der Waals surface area contributed by atoms with Gasteiger partial charge in [0.15, 0.2) is 0 Å². The number of hydrogen-bond acceptors (Lipinski definition) is 7. The minimum atomic E-state index is -4.12. The van der Waals surface area contributed by atoms with E-state index in [2.05, 4.69) is 15.5 Å². The van der Waals surface area contributed by atoms with Gasteiger partial charge in [-0.05, 0) is 67.6 Å². The summed E-state index contributed by atoms with van der Waals surface area (Å²) in [5.41, 5.74) is -1.04. The second kappa shape index (κ2) is 16.2. The van der Waals surface area contributed by atoms with Crippen LogP contribution in [-0.4, -0.2) is 86.6 Å². The molecule has 0 bridgehead atoms. The Morgan fingerprint density at radius 1 is 1.00 bits per heavy atom. The number of carbonyl (C=O) groups excluding carboxylic acids is 2. The fraction of sp³-hybridized carbons (Fsp3) is 0.562. The van der Waals surface area contributed by atoms with Crippen LogP contribution < -0.4 is 15.4 Å². The average Bonchev–Trinajstić information content (AvgIpc) is 3.48. The van der Waals surface area contributed by atoms with E-state index in [0.29, 0.717) is 18.8 Å². The van der Waals surface area contributed by atoms with Crippen molar-refractivity contribution in [2.75, 3.05) is 46.4 Å². The summed E-state index contributed by atoms with van der Waals surface area (Å²) in [5.74, 6) is 0.0993. The zero-order chi connectivity index (χ0) is 31.5. The molecule has 11 heteroatoms. The molecule has 10 nitrogen and oxygen atoms in total. The fourth-order valence-corrected chi connectivity index (χ4v) is 7.11. The van der Waals surface area contributed by atoms with Crippen LogP contribution in [0.4, 0.5) is 0 Å². The van der Waals surface area contributed by atoms with Gasteiger partial charge in [0.1, 0.15) is 11.5 Å². The number of aliphatic hydroxyl groups is 1. The molecule has 2 aromatic carbocycles. The molecule has 1 aliphatic heterocycles. The van der Waals surface area contributed by atoms with Crippen molar-refractivity contribution in [2.45, 2.75) is 63.5 Å². The van der Waals surface area contributed by atoms with Crippen molar-refractivity contribution in [3.05, 3.63) is 60.2 Å². The van der Waals surface area contributed by atoms with Crippen molar-refractivity contribution in [3.63, 3.8) is 0 Å². The molecule has 1 saturated heterocycles. The van der Waals surface area contributed by atoms with E-state index >= 15 is 0 Å². The summed E-state index contributed by atoms with van der Waals surface area (Å²) in [6, 6.07) is 15.3. The molecule has 0 aliphatic carbocycles. The topological polar surface area (TPSA) is 128 Å². The van der Waals surface area contributed by atoms with Gasteiger partial charge >= 0.3 is 0 Å². The maximum absolute atomic E-state index is 14.0. The summed E-state index contributed by atoms with van der Waals surface area (Å²) in [4.78, 5) is 27.2. The van der Waals surface area contributed by atoms with Crippen LogP contribution in [0.5, 0.6) is 5.75 Å². The third-order valence-electron chi connectivity index (χ3n) is 7.57. The summed E-state index contributed by atoms with van der Waals surface area (Å²) < 4.78 is 34.3. The van der Waals surface area contributed by atoms with Gasteiger partial charge in [0.25, 0.3) is 0 Å². The number of likely N-dealkylation sites (tertiary alicyclic amines) is 1. The highest BCUT2D eigenvalue weighted by Gasteiger charge is 2.43. The Bertz CT molecular complexity index is 1270. The van der Waals surface area contributed by atoms with Crippen LogP contribution in [0.3, 0.4) is 0 Å². The van der Waals surface area contributed by atoms with Crippen molar-refractivity contribution in [2.24, 2.45) is 11.8 Å². The molecule has 2 amide bonds. The maximum atomic E-state index is 14.0. The van der Waals surface area contributed by atoms with Crippen LogP contribution in [-0.2, 0) is 26.0 Å². The molecule has 1 aliphatic rings. The van der Waals surface area contributed by atoms with E-state index in [1.54, 1.807) is 12.1 Å². The predicted molar refractivity (Wildman–Crippen MR) is 167 cm³/mol. The minimum Gasteiger partial charge on any atom is -0.497 e. The Kier molecular flexibility index (Phi) is 13.0. The Hall–Kier alpha value is -2.99. The van der Waals surface area contributed by atoms with Crippen LogP contribution in [0.1, 0.15) is 52.0 Å². The van der Waals surface area contributed by atoms with Crippen molar-refractivity contribution in [1.82, 2.24) is 19.8 Å². The smallest absolute Gasteiger partial charge is 0.245 e. The first kappa shape index (κ1) is 34.5. The number of nitrogens with zero attached hydrogens (tertiary/aromatic N) is 2. The van der Waals surface area contributed by atoms with E-state index in [1.807, 2.05) is 51.1 Å². The van der Waals surface area contributed by atoms with Gasteiger partial charge < -0.3 is 20.5 Å². The second-order valence-electron chi connectivity index (χ2n) is 11.9. The SMILES string of the molecule is COc1ccc(S(=O)(=O)N(CC(C)C)C(O)(CCNC(=O)CC(C)CNC(=O)CN2CCCC2)Cc2ccccc2)cc1. The molecule has 2 atom stereocenters. The van der Waals surface area contributed by atoms with Gasteiger partial charge in [0, 0.05) is 38.9 Å². The first-order valence-corrected chi connectivity index (χ1v) is 16.6. The van der Waals surface area contributed by atoms with Crippen LogP contribution in [0.2, 0.25) is 0 Å². The Morgan fingerprint density at radius 3 is 2.26 bits per heavy atom. The number of ether oxygens (including phenoxy) is 1. The molecule has 43 heavy (non-hydrogen) atoms. The number of benzene rings is 2. The first-order valence-electron chi connectivity index (χ1n) is 15.1. The van der Waals surface area contributed by atoms with Crippen molar-refractivity contribution < 1.29 is 27.9 Å². The van der Waals surface area contributed by atoms with E-state index in [0.717, 1.165) is 31.5 Å². The molecule has 2 aromatic rings. The highest BCUT2D eigenvalue weighted by Crippen LogP contribution is 2.31. The molecule has 0 radical (unpaired) electrons. The Morgan fingerprint density at radius 2 is 1.65 bits per heavy atom. The number of hydrogen-bond donors (Lipinski definition) is 3. The van der Waals surface area contributed by atoms with E-state index in [9.17, 15) is 23.1 Å². The second-order valence-corrected chi connectivity index (χ2v) is 13.8. The van der Waals surface area contributed by atoms with Gasteiger partial charge in [-0.2, -0.15) is 4.31 Å². The van der Waals surface area contributed by atoms with Crippen molar-refractivity contribution >= 4 is 21.8 Å². The molecular formula is C32H48N4O6S. The van der Waals surface area contributed by atoms with E-state index < -0.39 is 15.7 Å². The highest BCUT2D eigenvalue weighted by atomic mass is 32.2. The molecule has 238 valence electrons. The van der Waals surface area contributed by atoms with Gasteiger partial charge in [-0.3, -0.25) is 14.5 Å². The first-order chi connectivity index (χ1) is 20.4. The Balaban J connectivity index is 1.69. The molecule has 0 saturated carbocycles. The summed E-state index contributed by atoms with van der Waals surface area (Å²) >= 11 is 0. The normalized spacial score (nSPS) is 16.2. The number of amides is 2. The summed E-state index contributed by atoms with van der Waals surface area (Å²) in [6.45, 7) is 8.50. The summed E-state index contributed by atoms with van der Waals surface area (Å²) in [5, 5.41) is 17.9. The molecule has 0 aromatic heterocycles. The van der Waals surface area contributed by atoms with E-state index in [1.165, 1.54) is 23.5 Å². The van der Waals surface area contributed by atoms with Crippen LogP contribution in [0.15, 0.2) is 59.5 Å². The molecule has 1 fully saturated rings. The van der Waals surface area contributed by atoms with Crippen molar-refractivity contribution in [3.8, 4) is 5.75 Å². The Labute approximate surface area is 256 Å². The molecular weight excluding hydrogens is 568 g/mol. The quantitative estimate of drug-likeness (QED) is 0.233. The lowest BCUT2D eigenvalue weighted by molar-refractivity contribution is -0.124. The standard InChI is InChI=1S/C32H48N4O6S/c1-25(2)23-36(43(40,41)29-14-12-28(42-4)13-15-29)32(39,21-27-10-6-5-7-11-27)16-17-33-30(37)20-26(3)22-34-31(38)24-35-18-8-9-19-35/h5-7,10-15,25-26,39H,8-9,16-24H2,1-4H3,(H,33,37)(H,34,38). The monoisotopic (exact) mass is 616 g/mol. The van der Waals surface area contributed by atoms with Gasteiger partial charge in [-0.25, -0.2) is 8.42 Å². The fourth-order valence-electron chi connectivity index (χ4n) is 5.27. The molecule has 0 spiro atoms. The van der Waals surface area contributed by atoms with Crippen LogP contribution >= 0.6 is 0 Å². The number of carbonyl (C=O) groups is 2. The summed E-state index contributed by atoms with van der Waals surface area (Å²) in [6.07, 6.45) is 2.46. The molecule has 2 unspecified atom stereocenters. The number of rotatable bonds is 17. The van der Waals surface area contributed by atoms with E-state index in [-0.39, 0.29) is 60.9 Å². The number of nitrogens with one attached hydrogen (secondary N) is 2. The van der Waals surface area contributed by atoms with Crippen LogP contribution in [0, 0.1) is 11.8 Å². The zero-order valence-electron chi connectivity index (χ0n) is 25.9. The third kappa shape index (κ3) is 10.6. The maximum Gasteiger partial charge on any atom is 0.245 e. The van der Waals surface area contributed by atoms with E-state index in [4.69, 9.17) is 4.74 Å². The lowest BCUT2D eigenvalue weighted by atomic mass is 9.98. The number of methoxy groups -OCH3 is 1. The average molecular weight is 617 g/mol. The van der Waals surface area contributed by atoms with Gasteiger partial charge in [-0.15, -0.1) is 0 Å². The molecule has 3 N–H and O–H groups in total. The van der Waals surface area contributed by atoms with Gasteiger partial charge in [0.2, 0.25) is 21.8 Å². The predicted octanol–water partition coefficient (Wildman–Crippen LogP) is 3.02. The lowest BCUT2D eigenvalue weighted by Gasteiger charge is -2.40. The molecule has 3 rings (SSSR count). The van der Waals surface area contributed by atoms with Gasteiger partial charge in [0.05, 0.1) is 18.6 Å². The summed E-state index contributed by atoms with van der Waals surface area (Å²) in [7, 11) is -2.61. The third-order valence-corrected chi connectivity index (χ3v) is 9.50. The highest BCUT2D eigenvalue weighted by molar-refractivity contribution is 7.89. The minimum absolute atomic E-state index is 0.0172. The molecule has 1 heterocycles. The zero-order valence-corrected chi connectivity index (χ0v) is 26.7. The van der Waals surface area contributed by atoms with Crippen LogP contribution in [0.25, 0.3) is 0 Å². The largest absolute Gasteiger partial charge is 0.497 e.